The molecule has 0 aromatic heterocycles. The Hall–Kier alpha value is -2.34. The maximum absolute atomic E-state index is 14.3. The van der Waals surface area contributed by atoms with E-state index in [0.717, 1.165) is 30.4 Å². The van der Waals surface area contributed by atoms with Gasteiger partial charge in [0.2, 0.25) is 0 Å². The van der Waals surface area contributed by atoms with Crippen LogP contribution >= 0.6 is 7.52 Å². The molecule has 0 spiro atoms. The van der Waals surface area contributed by atoms with Crippen molar-refractivity contribution in [3.05, 3.63) is 48.0 Å². The van der Waals surface area contributed by atoms with Crippen molar-refractivity contribution < 1.29 is 23.4 Å². The summed E-state index contributed by atoms with van der Waals surface area (Å²) in [4.78, 5) is 13.2. The third-order valence-electron chi connectivity index (χ3n) is 7.32. The van der Waals surface area contributed by atoms with Gasteiger partial charge in [-0.25, -0.2) is 4.67 Å². The highest BCUT2D eigenvalue weighted by Crippen LogP contribution is 2.64. The molecular weight excluding hydrogens is 499 g/mol. The first-order chi connectivity index (χ1) is 17.8. The van der Waals surface area contributed by atoms with E-state index in [-0.39, 0.29) is 17.4 Å². The quantitative estimate of drug-likeness (QED) is 0.324. The van der Waals surface area contributed by atoms with Crippen molar-refractivity contribution in [3.63, 3.8) is 0 Å². The summed E-state index contributed by atoms with van der Waals surface area (Å²) in [6, 6.07) is 13.2. The van der Waals surface area contributed by atoms with E-state index in [1.807, 2.05) is 61.0 Å². The van der Waals surface area contributed by atoms with Crippen LogP contribution in [0.5, 0.6) is 11.5 Å². The van der Waals surface area contributed by atoms with Crippen LogP contribution in [0, 0.1) is 5.41 Å². The molecule has 1 N–H and O–H groups in total. The summed E-state index contributed by atoms with van der Waals surface area (Å²) in [5.74, 6) is 1.16. The maximum atomic E-state index is 14.3. The Bertz CT molecular complexity index is 1150. The molecule has 2 aromatic rings. The van der Waals surface area contributed by atoms with Crippen LogP contribution in [0.25, 0.3) is 11.1 Å². The Morgan fingerprint density at radius 2 is 1.68 bits per heavy atom. The minimum Gasteiger partial charge on any atom is -0.493 e. The van der Waals surface area contributed by atoms with Gasteiger partial charge in [-0.2, -0.15) is 0 Å². The number of hydrogen-bond donors (Lipinski definition) is 1. The number of nitrogens with zero attached hydrogens (tertiary/aromatic N) is 1. The van der Waals surface area contributed by atoms with Crippen LogP contribution in [0.15, 0.2) is 42.5 Å². The highest BCUT2D eigenvalue weighted by atomic mass is 31.2. The number of benzene rings is 2. The summed E-state index contributed by atoms with van der Waals surface area (Å²) < 4.78 is 33.6. The predicted molar refractivity (Wildman–Crippen MR) is 154 cm³/mol. The Morgan fingerprint density at radius 1 is 1.03 bits per heavy atom. The lowest BCUT2D eigenvalue weighted by atomic mass is 9.99. The van der Waals surface area contributed by atoms with E-state index in [1.165, 1.54) is 0 Å². The van der Waals surface area contributed by atoms with E-state index in [9.17, 15) is 9.36 Å². The Kier molecular flexibility index (Phi) is 9.72. The van der Waals surface area contributed by atoms with Gasteiger partial charge in [0.15, 0.2) is 11.5 Å². The van der Waals surface area contributed by atoms with Gasteiger partial charge in [-0.3, -0.25) is 9.36 Å². The number of piperidine rings is 1. The first-order valence-corrected chi connectivity index (χ1v) is 15.1. The first kappa shape index (κ1) is 30.2. The van der Waals surface area contributed by atoms with Gasteiger partial charge in [0.05, 0.1) is 26.0 Å². The number of para-hydroxylation sites is 1. The van der Waals surface area contributed by atoms with Crippen molar-refractivity contribution in [3.8, 4) is 22.6 Å². The smallest absolute Gasteiger partial charge is 0.277 e. The molecular formula is C30H45N2O5P. The van der Waals surface area contributed by atoms with Gasteiger partial charge in [-0.1, -0.05) is 52.0 Å². The van der Waals surface area contributed by atoms with Crippen LogP contribution in [0.2, 0.25) is 0 Å². The van der Waals surface area contributed by atoms with Crippen LogP contribution < -0.4 is 14.8 Å². The van der Waals surface area contributed by atoms with Crippen molar-refractivity contribution in [2.45, 2.75) is 72.0 Å². The molecule has 1 atom stereocenters. The molecule has 38 heavy (non-hydrogen) atoms. The SMILES string of the molecule is CCC(C)(C)P(=O)(OCC(C)(C)C)N1CCC(NC(=O)c2cccc(-c3cccc(OC)c3OC)c2)CC1. The highest BCUT2D eigenvalue weighted by molar-refractivity contribution is 7.58. The van der Waals surface area contributed by atoms with Crippen molar-refractivity contribution in [2.75, 3.05) is 33.9 Å². The average molecular weight is 545 g/mol. The van der Waals surface area contributed by atoms with Gasteiger partial charge >= 0.3 is 0 Å². The maximum Gasteiger partial charge on any atom is 0.277 e. The lowest BCUT2D eigenvalue weighted by Gasteiger charge is -2.44. The Balaban J connectivity index is 1.70. The fourth-order valence-corrected chi connectivity index (χ4v) is 7.60. The minimum absolute atomic E-state index is 0.00886. The average Bonchev–Trinajstić information content (AvgIpc) is 2.91. The molecule has 1 fully saturated rings. The molecule has 1 saturated heterocycles. The summed E-state index contributed by atoms with van der Waals surface area (Å²) in [5.41, 5.74) is 2.25. The molecule has 2 aromatic carbocycles. The fourth-order valence-electron chi connectivity index (χ4n) is 4.60. The normalized spacial score (nSPS) is 17.1. The highest BCUT2D eigenvalue weighted by Gasteiger charge is 2.47. The lowest BCUT2D eigenvalue weighted by Crippen LogP contribution is -2.46. The molecule has 8 heteroatoms. The number of carbonyl (C=O) groups is 1. The predicted octanol–water partition coefficient (Wildman–Crippen LogP) is 7.01. The molecule has 0 saturated carbocycles. The second kappa shape index (κ2) is 12.2. The van der Waals surface area contributed by atoms with Crippen LogP contribution in [-0.4, -0.2) is 55.7 Å². The lowest BCUT2D eigenvalue weighted by molar-refractivity contribution is 0.0919. The van der Waals surface area contributed by atoms with E-state index in [0.29, 0.717) is 36.8 Å². The summed E-state index contributed by atoms with van der Waals surface area (Å²) >= 11 is 0. The number of ether oxygens (including phenoxy) is 2. The topological polar surface area (TPSA) is 77.1 Å². The number of amides is 1. The fraction of sp³-hybridized carbons (Fsp3) is 0.567. The van der Waals surface area contributed by atoms with E-state index < -0.39 is 12.7 Å². The number of rotatable bonds is 10. The van der Waals surface area contributed by atoms with Crippen LogP contribution in [0.4, 0.5) is 0 Å². The molecule has 1 amide bonds. The second-order valence-corrected chi connectivity index (χ2v) is 14.9. The zero-order valence-corrected chi connectivity index (χ0v) is 25.2. The summed E-state index contributed by atoms with van der Waals surface area (Å²) in [6.07, 6.45) is 2.20. The third kappa shape index (κ3) is 6.80. The molecule has 1 aliphatic heterocycles. The van der Waals surface area contributed by atoms with Crippen molar-refractivity contribution in [1.82, 2.24) is 9.99 Å². The molecule has 1 aliphatic rings. The van der Waals surface area contributed by atoms with E-state index in [1.54, 1.807) is 14.2 Å². The summed E-state index contributed by atoms with van der Waals surface area (Å²) in [7, 11) is 0.147. The first-order valence-electron chi connectivity index (χ1n) is 13.5. The zero-order valence-electron chi connectivity index (χ0n) is 24.3. The molecule has 1 unspecified atom stereocenters. The van der Waals surface area contributed by atoms with Gasteiger partial charge in [-0.15, -0.1) is 0 Å². The van der Waals surface area contributed by atoms with Crippen LogP contribution in [-0.2, 0) is 9.09 Å². The number of carbonyl (C=O) groups excluding carboxylic acids is 1. The minimum atomic E-state index is -3.07. The summed E-state index contributed by atoms with van der Waals surface area (Å²) in [6.45, 7) is 14.1. The van der Waals surface area contributed by atoms with Gasteiger partial charge < -0.3 is 19.3 Å². The van der Waals surface area contributed by atoms with Gasteiger partial charge in [0, 0.05) is 30.3 Å². The molecule has 210 valence electrons. The van der Waals surface area contributed by atoms with E-state index in [4.69, 9.17) is 14.0 Å². The van der Waals surface area contributed by atoms with Crippen molar-refractivity contribution in [1.29, 1.82) is 0 Å². The molecule has 7 nitrogen and oxygen atoms in total. The monoisotopic (exact) mass is 544 g/mol. The Labute approximate surface area is 228 Å². The molecule has 0 bridgehead atoms. The molecule has 0 aliphatic carbocycles. The number of methoxy groups -OCH3 is 2. The standard InChI is InChI=1S/C30H45N2O5P/c1-9-30(5,6)38(34,37-21-29(2,3)4)32-18-16-24(17-19-32)31-28(33)23-13-10-12-22(20-23)25-14-11-15-26(35-7)27(25)36-8/h10-15,20,24H,9,16-19,21H2,1-8H3,(H,31,33). The van der Waals surface area contributed by atoms with Crippen molar-refractivity contribution in [2.24, 2.45) is 5.41 Å². The van der Waals surface area contributed by atoms with Gasteiger partial charge in [-0.05, 0) is 62.3 Å². The molecule has 1 heterocycles. The second-order valence-electron chi connectivity index (χ2n) is 11.8. The van der Waals surface area contributed by atoms with Crippen LogP contribution in [0.3, 0.4) is 0 Å². The number of hydrogen-bond acceptors (Lipinski definition) is 5. The third-order valence-corrected chi connectivity index (χ3v) is 10.8. The van der Waals surface area contributed by atoms with E-state index in [2.05, 4.69) is 33.0 Å². The number of nitrogens with one attached hydrogen (secondary N) is 1. The summed E-state index contributed by atoms with van der Waals surface area (Å²) in [5, 5.41) is 2.75. The van der Waals surface area contributed by atoms with Crippen LogP contribution in [0.1, 0.15) is 71.2 Å². The van der Waals surface area contributed by atoms with Gasteiger partial charge in [0.1, 0.15) is 0 Å². The van der Waals surface area contributed by atoms with Gasteiger partial charge in [0.25, 0.3) is 13.4 Å². The van der Waals surface area contributed by atoms with E-state index >= 15 is 0 Å². The molecule has 0 radical (unpaired) electrons. The largest absolute Gasteiger partial charge is 0.493 e. The molecule has 3 rings (SSSR count). The Morgan fingerprint density at radius 3 is 2.26 bits per heavy atom. The van der Waals surface area contributed by atoms with Crippen molar-refractivity contribution >= 4 is 13.4 Å². The zero-order chi connectivity index (χ0) is 28.1.